The summed E-state index contributed by atoms with van der Waals surface area (Å²) in [5, 5.41) is 0. The Morgan fingerprint density at radius 1 is 0.889 bits per heavy atom. The lowest BCUT2D eigenvalue weighted by molar-refractivity contribution is -0.119. The summed E-state index contributed by atoms with van der Waals surface area (Å²) in [6.45, 7) is 7.01. The number of rotatable bonds is 2. The Labute approximate surface area is 115 Å². The molecular weight excluding hydrogens is 264 g/mol. The summed E-state index contributed by atoms with van der Waals surface area (Å²) in [4.78, 5) is 25.5. The number of hydrogen-bond acceptors (Lipinski definition) is 4. The Morgan fingerprint density at radius 3 is 1.61 bits per heavy atom. The maximum atomic E-state index is 11.6. The first kappa shape index (κ1) is 13.4. The number of carbonyl (C=O) groups is 2. The number of benzene rings is 1. The van der Waals surface area contributed by atoms with Gasteiger partial charge in [-0.2, -0.15) is 0 Å². The molecule has 1 heterocycles. The molecule has 0 spiro atoms. The van der Waals surface area contributed by atoms with E-state index in [4.69, 9.17) is 0 Å². The van der Waals surface area contributed by atoms with E-state index in [9.17, 15) is 9.59 Å². The maximum Gasteiger partial charge on any atom is 0.165 e. The molecule has 0 unspecified atom stereocenters. The molecule has 4 heteroatoms. The predicted octanol–water partition coefficient (Wildman–Crippen LogP) is 3.89. The molecule has 2 rings (SSSR count). The number of thioether (sulfide) groups is 2. The first-order valence-corrected chi connectivity index (χ1v) is 7.27. The van der Waals surface area contributed by atoms with Crippen LogP contribution >= 0.6 is 23.5 Å². The molecule has 1 aliphatic rings. The highest BCUT2D eigenvalue weighted by Crippen LogP contribution is 2.54. The Kier molecular flexibility index (Phi) is 3.69. The quantitative estimate of drug-likeness (QED) is 0.467. The number of carbonyl (C=O) groups excluding carboxylic acids is 2. The molecule has 1 aromatic rings. The molecule has 0 saturated heterocycles. The molecule has 94 valence electrons. The van der Waals surface area contributed by atoms with Gasteiger partial charge in [0.15, 0.2) is 11.6 Å². The van der Waals surface area contributed by atoms with E-state index >= 15 is 0 Å². The van der Waals surface area contributed by atoms with Crippen LogP contribution in [0.1, 0.15) is 25.0 Å². The van der Waals surface area contributed by atoms with Crippen LogP contribution in [0.5, 0.6) is 0 Å². The van der Waals surface area contributed by atoms with Crippen LogP contribution in [0.15, 0.2) is 31.7 Å². The normalized spacial score (nSPS) is 13.4. The third-order valence-corrected chi connectivity index (χ3v) is 5.67. The fourth-order valence-corrected chi connectivity index (χ4v) is 4.89. The topological polar surface area (TPSA) is 34.1 Å². The molecular formula is C14H14O2S2. The van der Waals surface area contributed by atoms with Crippen LogP contribution in [-0.4, -0.2) is 11.6 Å². The number of Topliss-reactive ketones (excluding diaryl/α,β-unsaturated/α-hetero) is 2. The third kappa shape index (κ3) is 2.27. The van der Waals surface area contributed by atoms with Gasteiger partial charge in [0.2, 0.25) is 0 Å². The minimum atomic E-state index is -0.152. The second-order valence-electron chi connectivity index (χ2n) is 4.34. The smallest absolute Gasteiger partial charge is 0.165 e. The van der Waals surface area contributed by atoms with E-state index in [2.05, 4.69) is 26.0 Å². The Bertz CT molecular complexity index is 537. The van der Waals surface area contributed by atoms with Crippen molar-refractivity contribution < 1.29 is 9.59 Å². The van der Waals surface area contributed by atoms with Gasteiger partial charge in [-0.05, 0) is 38.8 Å². The average Bonchev–Trinajstić information content (AvgIpc) is 2.68. The first-order chi connectivity index (χ1) is 8.41. The van der Waals surface area contributed by atoms with Crippen molar-refractivity contribution in [3.05, 3.63) is 33.1 Å². The molecule has 0 bridgehead atoms. The zero-order valence-corrected chi connectivity index (χ0v) is 12.4. The molecule has 0 fully saturated rings. The van der Waals surface area contributed by atoms with Gasteiger partial charge < -0.3 is 0 Å². The Hall–Kier alpha value is -1.00. The number of aryl methyl sites for hydroxylation is 2. The predicted molar refractivity (Wildman–Crippen MR) is 76.0 cm³/mol. The SMILES string of the molecule is CC(=O)C(C(C)=O)=C1Sc2c(C)ccc(C)c2S1. The largest absolute Gasteiger partial charge is 0.294 e. The standard InChI is InChI=1S/C14H14O2S2/c1-7-5-6-8(2)13-12(7)17-14(18-13)11(9(3)15)10(4)16/h5-6H,1-4H3. The fraction of sp³-hybridized carbons (Fsp3) is 0.286. The zero-order chi connectivity index (χ0) is 13.4. The van der Waals surface area contributed by atoms with E-state index in [0.29, 0.717) is 5.57 Å². The number of ketones is 2. The van der Waals surface area contributed by atoms with Crippen LogP contribution in [0.25, 0.3) is 0 Å². The first-order valence-electron chi connectivity index (χ1n) is 5.64. The molecule has 0 N–H and O–H groups in total. The molecule has 1 aliphatic heterocycles. The van der Waals surface area contributed by atoms with Crippen molar-refractivity contribution >= 4 is 35.1 Å². The van der Waals surface area contributed by atoms with E-state index in [-0.39, 0.29) is 11.6 Å². The molecule has 0 aromatic heterocycles. The molecule has 0 aliphatic carbocycles. The van der Waals surface area contributed by atoms with Crippen molar-refractivity contribution in [3.63, 3.8) is 0 Å². The number of allylic oxidation sites excluding steroid dienone is 1. The lowest BCUT2D eigenvalue weighted by atomic mass is 10.1. The molecule has 0 radical (unpaired) electrons. The Balaban J connectivity index is 2.55. The van der Waals surface area contributed by atoms with Crippen LogP contribution in [-0.2, 0) is 9.59 Å². The van der Waals surface area contributed by atoms with Gasteiger partial charge in [0.25, 0.3) is 0 Å². The zero-order valence-electron chi connectivity index (χ0n) is 10.8. The monoisotopic (exact) mass is 278 g/mol. The average molecular weight is 278 g/mol. The van der Waals surface area contributed by atoms with Gasteiger partial charge in [0, 0.05) is 9.79 Å². The molecule has 1 aromatic carbocycles. The van der Waals surface area contributed by atoms with Crippen molar-refractivity contribution in [1.29, 1.82) is 0 Å². The highest BCUT2D eigenvalue weighted by molar-refractivity contribution is 8.24. The fourth-order valence-electron chi connectivity index (χ4n) is 1.86. The van der Waals surface area contributed by atoms with Crippen LogP contribution in [0.3, 0.4) is 0 Å². The minimum absolute atomic E-state index is 0.152. The lowest BCUT2D eigenvalue weighted by Crippen LogP contribution is -2.07. The van der Waals surface area contributed by atoms with Crippen molar-refractivity contribution in [1.82, 2.24) is 0 Å². The molecule has 2 nitrogen and oxygen atoms in total. The summed E-state index contributed by atoms with van der Waals surface area (Å²) in [6, 6.07) is 4.15. The minimum Gasteiger partial charge on any atom is -0.294 e. The van der Waals surface area contributed by atoms with E-state index < -0.39 is 0 Å². The van der Waals surface area contributed by atoms with Crippen LogP contribution < -0.4 is 0 Å². The molecule has 18 heavy (non-hydrogen) atoms. The second-order valence-corrected chi connectivity index (χ2v) is 6.64. The highest BCUT2D eigenvalue weighted by atomic mass is 32.2. The van der Waals surface area contributed by atoms with E-state index in [1.54, 1.807) is 23.5 Å². The van der Waals surface area contributed by atoms with Crippen molar-refractivity contribution in [3.8, 4) is 0 Å². The van der Waals surface area contributed by atoms with Crippen molar-refractivity contribution in [2.24, 2.45) is 0 Å². The van der Waals surface area contributed by atoms with Gasteiger partial charge in [-0.25, -0.2) is 0 Å². The maximum absolute atomic E-state index is 11.6. The van der Waals surface area contributed by atoms with Gasteiger partial charge in [-0.3, -0.25) is 9.59 Å². The van der Waals surface area contributed by atoms with E-state index in [1.165, 1.54) is 34.8 Å². The van der Waals surface area contributed by atoms with Gasteiger partial charge >= 0.3 is 0 Å². The molecule has 0 saturated carbocycles. The number of fused-ring (bicyclic) bond motifs is 1. The second kappa shape index (κ2) is 4.94. The summed E-state index contributed by atoms with van der Waals surface area (Å²) in [5.74, 6) is -0.304. The molecule has 0 amide bonds. The van der Waals surface area contributed by atoms with Crippen molar-refractivity contribution in [2.75, 3.05) is 0 Å². The van der Waals surface area contributed by atoms with E-state index in [0.717, 1.165) is 4.24 Å². The van der Waals surface area contributed by atoms with Crippen LogP contribution in [0.2, 0.25) is 0 Å². The number of hydrogen-bond donors (Lipinski definition) is 0. The highest BCUT2D eigenvalue weighted by Gasteiger charge is 2.27. The van der Waals surface area contributed by atoms with Crippen LogP contribution in [0.4, 0.5) is 0 Å². The summed E-state index contributed by atoms with van der Waals surface area (Å²) in [5.41, 5.74) is 2.71. The molecule has 0 atom stereocenters. The third-order valence-electron chi connectivity index (χ3n) is 2.80. The van der Waals surface area contributed by atoms with Gasteiger partial charge in [0.1, 0.15) is 0 Å². The Morgan fingerprint density at radius 2 is 1.28 bits per heavy atom. The van der Waals surface area contributed by atoms with Gasteiger partial charge in [-0.1, -0.05) is 35.7 Å². The van der Waals surface area contributed by atoms with E-state index in [1.807, 2.05) is 0 Å². The summed E-state index contributed by atoms with van der Waals surface area (Å²) in [6.07, 6.45) is 0. The lowest BCUT2D eigenvalue weighted by Gasteiger charge is -2.03. The van der Waals surface area contributed by atoms with Crippen LogP contribution in [0, 0.1) is 13.8 Å². The van der Waals surface area contributed by atoms with Gasteiger partial charge in [-0.15, -0.1) is 0 Å². The summed E-state index contributed by atoms with van der Waals surface area (Å²) >= 11 is 3.09. The summed E-state index contributed by atoms with van der Waals surface area (Å²) < 4.78 is 0.822. The summed E-state index contributed by atoms with van der Waals surface area (Å²) in [7, 11) is 0. The van der Waals surface area contributed by atoms with Gasteiger partial charge in [0.05, 0.1) is 9.81 Å². The van der Waals surface area contributed by atoms with Crippen molar-refractivity contribution in [2.45, 2.75) is 37.5 Å².